The molecule has 0 unspecified atom stereocenters. The predicted molar refractivity (Wildman–Crippen MR) is 74.8 cm³/mol. The van der Waals surface area contributed by atoms with Crippen LogP contribution in [0.15, 0.2) is 12.1 Å². The SMILES string of the molecule is Cc1cc(C)c2nc3c(c(C(=O)O)c2c1)CCCC3. The van der Waals surface area contributed by atoms with Crippen LogP contribution in [0, 0.1) is 13.8 Å². The number of aromatic carboxylic acids is 1. The van der Waals surface area contributed by atoms with E-state index >= 15 is 0 Å². The fraction of sp³-hybridized carbons (Fsp3) is 0.375. The summed E-state index contributed by atoms with van der Waals surface area (Å²) in [5.74, 6) is -0.824. The minimum absolute atomic E-state index is 0.478. The molecule has 0 atom stereocenters. The molecule has 1 aromatic heterocycles. The first-order valence-corrected chi connectivity index (χ1v) is 6.74. The number of carbonyl (C=O) groups is 1. The van der Waals surface area contributed by atoms with Crippen molar-refractivity contribution in [2.75, 3.05) is 0 Å². The highest BCUT2D eigenvalue weighted by Gasteiger charge is 2.22. The highest BCUT2D eigenvalue weighted by molar-refractivity contribution is 6.05. The predicted octanol–water partition coefficient (Wildman–Crippen LogP) is 3.43. The number of rotatable bonds is 1. The van der Waals surface area contributed by atoms with Gasteiger partial charge in [-0.1, -0.05) is 11.6 Å². The maximum Gasteiger partial charge on any atom is 0.336 e. The molecule has 0 radical (unpaired) electrons. The third-order valence-electron chi connectivity index (χ3n) is 3.92. The molecule has 0 amide bonds. The van der Waals surface area contributed by atoms with Crippen LogP contribution in [0.5, 0.6) is 0 Å². The number of aryl methyl sites for hydroxylation is 3. The summed E-state index contributed by atoms with van der Waals surface area (Å²) >= 11 is 0. The van der Waals surface area contributed by atoms with Crippen LogP contribution < -0.4 is 0 Å². The molecular formula is C16H17NO2. The minimum Gasteiger partial charge on any atom is -0.478 e. The maximum atomic E-state index is 11.7. The van der Waals surface area contributed by atoms with Gasteiger partial charge in [0.2, 0.25) is 0 Å². The average molecular weight is 255 g/mol. The number of benzene rings is 1. The Morgan fingerprint density at radius 2 is 1.95 bits per heavy atom. The van der Waals surface area contributed by atoms with Gasteiger partial charge in [-0.25, -0.2) is 4.79 Å². The summed E-state index contributed by atoms with van der Waals surface area (Å²) in [7, 11) is 0. The fourth-order valence-corrected chi connectivity index (χ4v) is 3.12. The number of carboxylic acid groups (broad SMARTS) is 1. The molecular weight excluding hydrogens is 238 g/mol. The second-order valence-electron chi connectivity index (χ2n) is 5.40. The van der Waals surface area contributed by atoms with Gasteiger partial charge in [0.15, 0.2) is 0 Å². The first-order valence-electron chi connectivity index (χ1n) is 6.74. The normalized spacial score (nSPS) is 14.4. The smallest absolute Gasteiger partial charge is 0.336 e. The molecule has 98 valence electrons. The molecule has 3 nitrogen and oxygen atoms in total. The van der Waals surface area contributed by atoms with E-state index in [2.05, 4.69) is 6.07 Å². The van der Waals surface area contributed by atoms with Gasteiger partial charge in [0.25, 0.3) is 0 Å². The van der Waals surface area contributed by atoms with Crippen molar-refractivity contribution in [3.8, 4) is 0 Å². The molecule has 3 heteroatoms. The summed E-state index contributed by atoms with van der Waals surface area (Å²) in [6.07, 6.45) is 3.91. The summed E-state index contributed by atoms with van der Waals surface area (Å²) in [6.45, 7) is 4.00. The summed E-state index contributed by atoms with van der Waals surface area (Å²) in [5.41, 5.74) is 5.42. The van der Waals surface area contributed by atoms with Crippen molar-refractivity contribution in [1.82, 2.24) is 4.98 Å². The van der Waals surface area contributed by atoms with Crippen molar-refractivity contribution in [3.63, 3.8) is 0 Å². The van der Waals surface area contributed by atoms with Gasteiger partial charge < -0.3 is 5.11 Å². The van der Waals surface area contributed by atoms with E-state index in [-0.39, 0.29) is 0 Å². The van der Waals surface area contributed by atoms with Gasteiger partial charge in [-0.05, 0) is 56.7 Å². The topological polar surface area (TPSA) is 50.2 Å². The zero-order valence-electron chi connectivity index (χ0n) is 11.3. The Balaban J connectivity index is 2.46. The Hall–Kier alpha value is -1.90. The zero-order valence-corrected chi connectivity index (χ0v) is 11.3. The second kappa shape index (κ2) is 4.34. The Morgan fingerprint density at radius 3 is 2.68 bits per heavy atom. The lowest BCUT2D eigenvalue weighted by Gasteiger charge is -2.19. The van der Waals surface area contributed by atoms with E-state index < -0.39 is 5.97 Å². The lowest BCUT2D eigenvalue weighted by molar-refractivity contribution is 0.0697. The number of aromatic nitrogens is 1. The van der Waals surface area contributed by atoms with E-state index in [4.69, 9.17) is 4.98 Å². The zero-order chi connectivity index (χ0) is 13.6. The van der Waals surface area contributed by atoms with Crippen LogP contribution in [0.1, 0.15) is 45.6 Å². The molecule has 3 rings (SSSR count). The number of carboxylic acids is 1. The van der Waals surface area contributed by atoms with Crippen molar-refractivity contribution in [2.24, 2.45) is 0 Å². The van der Waals surface area contributed by atoms with Crippen LogP contribution in [0.25, 0.3) is 10.9 Å². The molecule has 1 aromatic carbocycles. The Kier molecular flexibility index (Phi) is 2.77. The van der Waals surface area contributed by atoms with Crippen LogP contribution in [0.2, 0.25) is 0 Å². The van der Waals surface area contributed by atoms with Crippen LogP contribution in [-0.2, 0) is 12.8 Å². The summed E-state index contributed by atoms with van der Waals surface area (Å²) < 4.78 is 0. The van der Waals surface area contributed by atoms with Crippen LogP contribution in [-0.4, -0.2) is 16.1 Å². The average Bonchev–Trinajstić information content (AvgIpc) is 2.36. The maximum absolute atomic E-state index is 11.7. The Bertz CT molecular complexity index is 689. The van der Waals surface area contributed by atoms with Crippen molar-refractivity contribution >= 4 is 16.9 Å². The summed E-state index contributed by atoms with van der Waals surface area (Å²) in [4.78, 5) is 16.4. The first kappa shape index (κ1) is 12.2. The molecule has 19 heavy (non-hydrogen) atoms. The number of hydrogen-bond acceptors (Lipinski definition) is 2. The highest BCUT2D eigenvalue weighted by atomic mass is 16.4. The summed E-state index contributed by atoms with van der Waals surface area (Å²) in [6, 6.07) is 4.02. The third kappa shape index (κ3) is 1.89. The summed E-state index contributed by atoms with van der Waals surface area (Å²) in [5, 5.41) is 10.4. The molecule has 2 aromatic rings. The fourth-order valence-electron chi connectivity index (χ4n) is 3.12. The largest absolute Gasteiger partial charge is 0.478 e. The van der Waals surface area contributed by atoms with Crippen LogP contribution >= 0.6 is 0 Å². The quantitative estimate of drug-likeness (QED) is 0.849. The van der Waals surface area contributed by atoms with E-state index in [1.807, 2.05) is 19.9 Å². The van der Waals surface area contributed by atoms with E-state index in [0.717, 1.165) is 59.0 Å². The molecule has 0 bridgehead atoms. The molecule has 0 saturated carbocycles. The third-order valence-corrected chi connectivity index (χ3v) is 3.92. The molecule has 0 aliphatic heterocycles. The molecule has 1 aliphatic carbocycles. The second-order valence-corrected chi connectivity index (χ2v) is 5.40. The number of pyridine rings is 1. The van der Waals surface area contributed by atoms with Crippen LogP contribution in [0.4, 0.5) is 0 Å². The van der Waals surface area contributed by atoms with Crippen molar-refractivity contribution < 1.29 is 9.90 Å². The molecule has 1 heterocycles. The van der Waals surface area contributed by atoms with Crippen molar-refractivity contribution in [1.29, 1.82) is 0 Å². The molecule has 0 spiro atoms. The number of nitrogens with zero attached hydrogens (tertiary/aromatic N) is 1. The van der Waals surface area contributed by atoms with Gasteiger partial charge >= 0.3 is 5.97 Å². The highest BCUT2D eigenvalue weighted by Crippen LogP contribution is 2.31. The Morgan fingerprint density at radius 1 is 1.21 bits per heavy atom. The van der Waals surface area contributed by atoms with Crippen molar-refractivity contribution in [2.45, 2.75) is 39.5 Å². The van der Waals surface area contributed by atoms with Crippen LogP contribution in [0.3, 0.4) is 0 Å². The van der Waals surface area contributed by atoms with E-state index in [1.165, 1.54) is 0 Å². The Labute approximate surface area is 112 Å². The molecule has 1 N–H and O–H groups in total. The first-order chi connectivity index (χ1) is 9.08. The number of hydrogen-bond donors (Lipinski definition) is 1. The van der Waals surface area contributed by atoms with Gasteiger partial charge in [-0.2, -0.15) is 0 Å². The van der Waals surface area contributed by atoms with Gasteiger partial charge in [0.1, 0.15) is 0 Å². The molecule has 0 fully saturated rings. The number of fused-ring (bicyclic) bond motifs is 2. The van der Waals surface area contributed by atoms with E-state index in [0.29, 0.717) is 5.56 Å². The monoisotopic (exact) mass is 255 g/mol. The van der Waals surface area contributed by atoms with Crippen molar-refractivity contribution in [3.05, 3.63) is 40.1 Å². The van der Waals surface area contributed by atoms with Gasteiger partial charge in [0, 0.05) is 11.1 Å². The van der Waals surface area contributed by atoms with Gasteiger partial charge in [-0.15, -0.1) is 0 Å². The lowest BCUT2D eigenvalue weighted by Crippen LogP contribution is -2.13. The minimum atomic E-state index is -0.824. The molecule has 0 saturated heterocycles. The molecule has 1 aliphatic rings. The van der Waals surface area contributed by atoms with E-state index in [9.17, 15) is 9.90 Å². The van der Waals surface area contributed by atoms with Gasteiger partial charge in [-0.3, -0.25) is 4.98 Å². The standard InChI is InChI=1S/C16H17NO2/c1-9-7-10(2)15-12(8-9)14(16(18)19)11-5-3-4-6-13(11)17-15/h7-8H,3-6H2,1-2H3,(H,18,19). The van der Waals surface area contributed by atoms with Gasteiger partial charge in [0.05, 0.1) is 11.1 Å². The van der Waals surface area contributed by atoms with E-state index in [1.54, 1.807) is 0 Å². The lowest BCUT2D eigenvalue weighted by atomic mass is 9.89.